The van der Waals surface area contributed by atoms with Gasteiger partial charge in [-0.15, -0.1) is 18.5 Å². The van der Waals surface area contributed by atoms with Crippen LogP contribution in [0.1, 0.15) is 0 Å². The molecule has 1 aromatic rings. The number of nitrogen functional groups attached to an aromatic ring is 1. The molecule has 0 radical (unpaired) electrons. The van der Waals surface area contributed by atoms with E-state index < -0.39 is 0 Å². The Morgan fingerprint density at radius 3 is 1.85 bits per heavy atom. The van der Waals surface area contributed by atoms with E-state index in [4.69, 9.17) is 5.73 Å². The lowest BCUT2D eigenvalue weighted by Gasteiger charge is -1.99. The number of benzene rings is 1. The predicted octanol–water partition coefficient (Wildman–Crippen LogP) is 4.06. The summed E-state index contributed by atoms with van der Waals surface area (Å²) in [4.78, 5) is 0. The van der Waals surface area contributed by atoms with Crippen molar-refractivity contribution in [1.29, 1.82) is 0 Å². The van der Waals surface area contributed by atoms with Crippen molar-refractivity contribution >= 4 is 49.4 Å². The zero-order chi connectivity index (χ0) is 9.68. The molecule has 0 amide bonds. The molecule has 0 aliphatic heterocycles. The Morgan fingerprint density at radius 1 is 1.00 bits per heavy atom. The van der Waals surface area contributed by atoms with Crippen LogP contribution in [0.3, 0.4) is 0 Å². The maximum atomic E-state index is 5.71. The van der Waals surface area contributed by atoms with E-state index in [2.05, 4.69) is 50.8 Å². The third-order valence-electron chi connectivity index (χ3n) is 1.35. The topological polar surface area (TPSA) is 75.5 Å². The molecule has 0 aliphatic carbocycles. The number of hydrogen-bond donors (Lipinski definition) is 1. The largest absolute Gasteiger partial charge is 0.395 e. The van der Waals surface area contributed by atoms with E-state index >= 15 is 0 Å². The first-order valence-electron chi connectivity index (χ1n) is 3.22. The number of hydrogen-bond acceptors (Lipinski definition) is 5. The minimum Gasteiger partial charge on any atom is -0.395 e. The second kappa shape index (κ2) is 5.03. The third kappa shape index (κ3) is 2.56. The highest BCUT2D eigenvalue weighted by molar-refractivity contribution is 9.08. The van der Waals surface area contributed by atoms with Crippen molar-refractivity contribution in [2.75, 3.05) is 5.73 Å². The molecule has 68 valence electrons. The van der Waals surface area contributed by atoms with Gasteiger partial charge in [0, 0.05) is 0 Å². The van der Waals surface area contributed by atoms with Crippen molar-refractivity contribution in [3.63, 3.8) is 0 Å². The highest BCUT2D eigenvalue weighted by Crippen LogP contribution is 2.32. The van der Waals surface area contributed by atoms with E-state index in [0.717, 1.165) is 0 Å². The van der Waals surface area contributed by atoms with Crippen molar-refractivity contribution in [2.45, 2.75) is 0 Å². The normalized spacial score (nSPS) is 11.5. The molecule has 0 aromatic heterocycles. The zero-order valence-corrected chi connectivity index (χ0v) is 9.53. The van der Waals surface area contributed by atoms with E-state index in [1.54, 1.807) is 18.2 Å². The van der Waals surface area contributed by atoms with Gasteiger partial charge in [-0.1, -0.05) is 6.07 Å². The van der Waals surface area contributed by atoms with Gasteiger partial charge in [0.25, 0.3) is 0 Å². The molecular weight excluding hydrogens is 302 g/mol. The average Bonchev–Trinajstić information content (AvgIpc) is 2.13. The Bertz CT molecular complexity index is 319. The quantitative estimate of drug-likeness (QED) is 0.649. The highest BCUT2D eigenvalue weighted by atomic mass is 79.9. The van der Waals surface area contributed by atoms with Crippen molar-refractivity contribution in [3.8, 4) is 0 Å². The molecule has 2 N–H and O–H groups in total. The molecule has 5 nitrogen and oxygen atoms in total. The van der Waals surface area contributed by atoms with Gasteiger partial charge in [0.15, 0.2) is 0 Å². The van der Waals surface area contributed by atoms with Crippen LogP contribution in [0.5, 0.6) is 0 Å². The molecular formula is C6H5Br2N5. The first-order valence-corrected chi connectivity index (χ1v) is 4.64. The predicted molar refractivity (Wildman–Crippen MR) is 57.7 cm³/mol. The summed E-state index contributed by atoms with van der Waals surface area (Å²) >= 11 is 5.65. The van der Waals surface area contributed by atoms with E-state index in [9.17, 15) is 0 Å². The zero-order valence-electron chi connectivity index (χ0n) is 6.35. The molecule has 1 aromatic carbocycles. The SMILES string of the molecule is Nc1c(N=NBr)cccc1N=NBr. The summed E-state index contributed by atoms with van der Waals surface area (Å²) in [7, 11) is 0. The molecule has 7 heteroatoms. The van der Waals surface area contributed by atoms with Gasteiger partial charge in [-0.2, -0.15) is 0 Å². The average molecular weight is 307 g/mol. The summed E-state index contributed by atoms with van der Waals surface area (Å²) in [5, 5.41) is 7.50. The molecule has 0 unspecified atom stereocenters. The summed E-state index contributed by atoms with van der Waals surface area (Å²) in [6.45, 7) is 0. The number of anilines is 1. The minimum atomic E-state index is 0.439. The Labute approximate surface area is 91.8 Å². The summed E-state index contributed by atoms with van der Waals surface area (Å²) in [6, 6.07) is 5.23. The van der Waals surface area contributed by atoms with Crippen LogP contribution in [-0.4, -0.2) is 0 Å². The molecule has 0 spiro atoms. The Morgan fingerprint density at radius 2 is 1.46 bits per heavy atom. The molecule has 0 saturated heterocycles. The van der Waals surface area contributed by atoms with Crippen molar-refractivity contribution in [2.24, 2.45) is 18.5 Å². The number of halogens is 2. The van der Waals surface area contributed by atoms with E-state index in [-0.39, 0.29) is 0 Å². The lowest BCUT2D eigenvalue weighted by molar-refractivity contribution is 1.31. The summed E-state index contributed by atoms with van der Waals surface area (Å²) in [6.07, 6.45) is 0. The fourth-order valence-corrected chi connectivity index (χ4v) is 1.14. The first kappa shape index (κ1) is 10.3. The second-order valence-corrected chi connectivity index (χ2v) is 2.70. The number of nitrogens with zero attached hydrogens (tertiary/aromatic N) is 4. The van der Waals surface area contributed by atoms with Crippen LogP contribution in [-0.2, 0) is 0 Å². The maximum absolute atomic E-state index is 5.71. The molecule has 0 heterocycles. The molecule has 0 bridgehead atoms. The lowest BCUT2D eigenvalue weighted by atomic mass is 10.2. The van der Waals surface area contributed by atoms with Crippen LogP contribution < -0.4 is 5.73 Å². The highest BCUT2D eigenvalue weighted by Gasteiger charge is 2.02. The second-order valence-electron chi connectivity index (χ2n) is 2.06. The van der Waals surface area contributed by atoms with Gasteiger partial charge in [0.2, 0.25) is 0 Å². The van der Waals surface area contributed by atoms with Crippen molar-refractivity contribution < 1.29 is 0 Å². The van der Waals surface area contributed by atoms with E-state index in [1.807, 2.05) is 0 Å². The Balaban J connectivity index is 3.17. The summed E-state index contributed by atoms with van der Waals surface area (Å²) < 4.78 is 6.88. The van der Waals surface area contributed by atoms with Gasteiger partial charge < -0.3 is 5.73 Å². The van der Waals surface area contributed by atoms with Gasteiger partial charge in [-0.05, 0) is 12.1 Å². The van der Waals surface area contributed by atoms with Gasteiger partial charge in [-0.25, -0.2) is 0 Å². The first-order chi connectivity index (χ1) is 6.29. The van der Waals surface area contributed by atoms with Gasteiger partial charge in [0.05, 0.1) is 5.69 Å². The summed E-state index contributed by atoms with van der Waals surface area (Å²) in [5.74, 6) is 0. The van der Waals surface area contributed by atoms with Gasteiger partial charge >= 0.3 is 0 Å². The number of nitrogens with two attached hydrogens (primary N) is 1. The van der Waals surface area contributed by atoms with E-state index in [1.165, 1.54) is 0 Å². The molecule has 1 rings (SSSR count). The number of rotatable bonds is 2. The molecule has 13 heavy (non-hydrogen) atoms. The van der Waals surface area contributed by atoms with E-state index in [0.29, 0.717) is 17.1 Å². The molecule has 0 saturated carbocycles. The lowest BCUT2D eigenvalue weighted by Crippen LogP contribution is -1.84. The van der Waals surface area contributed by atoms with Crippen LogP contribution in [0.15, 0.2) is 36.7 Å². The van der Waals surface area contributed by atoms with Crippen molar-refractivity contribution in [3.05, 3.63) is 18.2 Å². The Hall–Kier alpha value is -0.820. The number of para-hydroxylation sites is 1. The fraction of sp³-hybridized carbons (Fsp3) is 0. The fourth-order valence-electron chi connectivity index (χ4n) is 0.797. The van der Waals surface area contributed by atoms with Crippen LogP contribution in [0.25, 0.3) is 0 Å². The van der Waals surface area contributed by atoms with Crippen LogP contribution >= 0.6 is 32.3 Å². The van der Waals surface area contributed by atoms with Gasteiger partial charge in [0.1, 0.15) is 43.7 Å². The third-order valence-corrected chi connectivity index (χ3v) is 1.67. The van der Waals surface area contributed by atoms with Gasteiger partial charge in [-0.3, -0.25) is 0 Å². The smallest absolute Gasteiger partial charge is 0.111 e. The van der Waals surface area contributed by atoms with Crippen molar-refractivity contribution in [1.82, 2.24) is 0 Å². The molecule has 0 atom stereocenters. The maximum Gasteiger partial charge on any atom is 0.111 e. The molecule has 0 aliphatic rings. The standard InChI is InChI=1S/C6H5Br2N5/c7-12-10-4-2-1-3-5(6(4)9)11-13-8/h1-3H,9H2. The van der Waals surface area contributed by atoms with Crippen LogP contribution in [0, 0.1) is 0 Å². The van der Waals surface area contributed by atoms with Crippen LogP contribution in [0.2, 0.25) is 0 Å². The molecule has 0 fully saturated rings. The summed E-state index contributed by atoms with van der Waals surface area (Å²) in [5.41, 5.74) is 7.25. The minimum absolute atomic E-state index is 0.439. The Kier molecular flexibility index (Phi) is 3.97. The van der Waals surface area contributed by atoms with Crippen LogP contribution in [0.4, 0.5) is 17.1 Å². The monoisotopic (exact) mass is 305 g/mol.